The quantitative estimate of drug-likeness (QED) is 0.576. The third-order valence-corrected chi connectivity index (χ3v) is 3.79. The smallest absolute Gasteiger partial charge is 0.255 e. The van der Waals surface area contributed by atoms with Crippen LogP contribution in [0.25, 0.3) is 0 Å². The number of hydrogen-bond acceptors (Lipinski definition) is 3. The predicted molar refractivity (Wildman–Crippen MR) is 103 cm³/mol. The lowest BCUT2D eigenvalue weighted by molar-refractivity contribution is 0.102. The zero-order valence-corrected chi connectivity index (χ0v) is 14.7. The lowest BCUT2D eigenvalue weighted by Crippen LogP contribution is -2.11. The third kappa shape index (κ3) is 5.85. The molecule has 0 saturated heterocycles. The topological polar surface area (TPSA) is 47.6 Å². The van der Waals surface area contributed by atoms with E-state index in [1.165, 1.54) is 24.3 Å². The maximum Gasteiger partial charge on any atom is 0.255 e. The van der Waals surface area contributed by atoms with Gasteiger partial charge in [0, 0.05) is 17.7 Å². The molecule has 0 atom stereocenters. The number of nitrogens with one attached hydrogen (secondary N) is 1. The van der Waals surface area contributed by atoms with Crippen LogP contribution in [0.1, 0.15) is 16.8 Å². The van der Waals surface area contributed by atoms with Crippen molar-refractivity contribution < 1.29 is 18.7 Å². The van der Waals surface area contributed by atoms with Crippen LogP contribution in [0.15, 0.2) is 78.9 Å². The lowest BCUT2D eigenvalue weighted by Gasteiger charge is -2.09. The molecule has 0 aromatic heterocycles. The van der Waals surface area contributed by atoms with Gasteiger partial charge in [-0.15, -0.1) is 0 Å². The Bertz CT molecular complexity index is 849. The molecule has 0 aliphatic carbocycles. The highest BCUT2D eigenvalue weighted by Crippen LogP contribution is 2.15. The molecule has 3 aromatic carbocycles. The molecule has 0 heterocycles. The predicted octanol–water partition coefficient (Wildman–Crippen LogP) is 4.93. The standard InChI is InChI=1S/C22H20FNO3/c23-18-9-11-19(12-10-18)24-22(25)17-7-13-21(14-8-17)27-16-4-15-26-20-5-2-1-3-6-20/h1-3,5-14H,4,15-16H2,(H,24,25). The molecule has 3 aromatic rings. The molecule has 3 rings (SSSR count). The summed E-state index contributed by atoms with van der Waals surface area (Å²) in [6.07, 6.45) is 0.752. The van der Waals surface area contributed by atoms with Crippen LogP contribution in [0.4, 0.5) is 10.1 Å². The number of ether oxygens (including phenoxy) is 2. The Balaban J connectivity index is 1.41. The number of halogens is 1. The summed E-state index contributed by atoms with van der Waals surface area (Å²) in [7, 11) is 0. The van der Waals surface area contributed by atoms with Gasteiger partial charge in [0.15, 0.2) is 0 Å². The lowest BCUT2D eigenvalue weighted by atomic mass is 10.2. The molecule has 0 bridgehead atoms. The van der Waals surface area contributed by atoms with Crippen molar-refractivity contribution >= 4 is 11.6 Å². The number of para-hydroxylation sites is 1. The first-order valence-corrected chi connectivity index (χ1v) is 8.68. The second-order valence-electron chi connectivity index (χ2n) is 5.85. The van der Waals surface area contributed by atoms with Crippen LogP contribution in [0.3, 0.4) is 0 Å². The first kappa shape index (κ1) is 18.5. The normalized spacial score (nSPS) is 10.3. The molecule has 0 unspecified atom stereocenters. The fourth-order valence-electron chi connectivity index (χ4n) is 2.39. The van der Waals surface area contributed by atoms with Gasteiger partial charge in [0.25, 0.3) is 5.91 Å². The Morgan fingerprint density at radius 1 is 0.778 bits per heavy atom. The number of rotatable bonds is 8. The van der Waals surface area contributed by atoms with E-state index in [9.17, 15) is 9.18 Å². The van der Waals surface area contributed by atoms with Crippen LogP contribution < -0.4 is 14.8 Å². The summed E-state index contributed by atoms with van der Waals surface area (Å²) < 4.78 is 24.2. The van der Waals surface area contributed by atoms with E-state index < -0.39 is 0 Å². The molecule has 4 nitrogen and oxygen atoms in total. The van der Waals surface area contributed by atoms with Crippen LogP contribution in [-0.4, -0.2) is 19.1 Å². The molecule has 0 fully saturated rings. The Kier molecular flexibility index (Phi) is 6.41. The van der Waals surface area contributed by atoms with Crippen LogP contribution in [0.5, 0.6) is 11.5 Å². The van der Waals surface area contributed by atoms with Gasteiger partial charge in [-0.25, -0.2) is 4.39 Å². The monoisotopic (exact) mass is 365 g/mol. The summed E-state index contributed by atoms with van der Waals surface area (Å²) in [4.78, 5) is 12.2. The largest absolute Gasteiger partial charge is 0.493 e. The summed E-state index contributed by atoms with van der Waals surface area (Å²) in [5.74, 6) is 0.926. The molecule has 1 N–H and O–H groups in total. The van der Waals surface area contributed by atoms with Crippen LogP contribution in [-0.2, 0) is 0 Å². The third-order valence-electron chi connectivity index (χ3n) is 3.79. The zero-order chi connectivity index (χ0) is 18.9. The average Bonchev–Trinajstić information content (AvgIpc) is 2.71. The van der Waals surface area contributed by atoms with Gasteiger partial charge in [0.2, 0.25) is 0 Å². The van der Waals surface area contributed by atoms with E-state index in [4.69, 9.17) is 9.47 Å². The van der Waals surface area contributed by atoms with Crippen molar-refractivity contribution in [2.24, 2.45) is 0 Å². The van der Waals surface area contributed by atoms with Gasteiger partial charge >= 0.3 is 0 Å². The maximum atomic E-state index is 12.9. The zero-order valence-electron chi connectivity index (χ0n) is 14.7. The van der Waals surface area contributed by atoms with Crippen molar-refractivity contribution in [3.63, 3.8) is 0 Å². The number of amides is 1. The van der Waals surface area contributed by atoms with E-state index in [-0.39, 0.29) is 11.7 Å². The van der Waals surface area contributed by atoms with Crippen LogP contribution in [0.2, 0.25) is 0 Å². The number of carbonyl (C=O) groups is 1. The molecule has 0 spiro atoms. The fraction of sp³-hybridized carbons (Fsp3) is 0.136. The molecular formula is C22H20FNO3. The highest BCUT2D eigenvalue weighted by molar-refractivity contribution is 6.04. The Hall–Kier alpha value is -3.34. The van der Waals surface area contributed by atoms with Gasteiger partial charge in [-0.2, -0.15) is 0 Å². The van der Waals surface area contributed by atoms with E-state index in [1.807, 2.05) is 30.3 Å². The van der Waals surface area contributed by atoms with Gasteiger partial charge in [0.05, 0.1) is 13.2 Å². The number of anilines is 1. The summed E-state index contributed by atoms with van der Waals surface area (Å²) in [6.45, 7) is 1.09. The van der Waals surface area contributed by atoms with Crippen molar-refractivity contribution in [2.45, 2.75) is 6.42 Å². The summed E-state index contributed by atoms with van der Waals surface area (Å²) >= 11 is 0. The number of carbonyl (C=O) groups excluding carboxylic acids is 1. The van der Waals surface area contributed by atoms with Gasteiger partial charge in [-0.3, -0.25) is 4.79 Å². The molecule has 0 saturated carbocycles. The van der Waals surface area contributed by atoms with Gasteiger partial charge in [-0.05, 0) is 60.7 Å². The Labute approximate surface area is 157 Å². The van der Waals surface area contributed by atoms with E-state index >= 15 is 0 Å². The molecular weight excluding hydrogens is 345 g/mol. The van der Waals surface area contributed by atoms with Crippen molar-refractivity contribution in [1.82, 2.24) is 0 Å². The molecule has 27 heavy (non-hydrogen) atoms. The van der Waals surface area contributed by atoms with Gasteiger partial charge < -0.3 is 14.8 Å². The van der Waals surface area contributed by atoms with Crippen LogP contribution in [0, 0.1) is 5.82 Å². The molecule has 0 radical (unpaired) electrons. The molecule has 138 valence electrons. The van der Waals surface area contributed by atoms with Gasteiger partial charge in [0.1, 0.15) is 17.3 Å². The molecule has 0 aliphatic rings. The first-order chi connectivity index (χ1) is 13.2. The first-order valence-electron chi connectivity index (χ1n) is 8.68. The summed E-state index contributed by atoms with van der Waals surface area (Å²) in [5, 5.41) is 2.72. The minimum atomic E-state index is -0.344. The van der Waals surface area contributed by atoms with E-state index in [1.54, 1.807) is 24.3 Å². The van der Waals surface area contributed by atoms with Gasteiger partial charge in [-0.1, -0.05) is 18.2 Å². The van der Waals surface area contributed by atoms with Crippen molar-refractivity contribution in [1.29, 1.82) is 0 Å². The molecule has 1 amide bonds. The average molecular weight is 365 g/mol. The number of hydrogen-bond donors (Lipinski definition) is 1. The van der Waals surface area contributed by atoms with E-state index in [2.05, 4.69) is 5.32 Å². The molecule has 5 heteroatoms. The highest BCUT2D eigenvalue weighted by atomic mass is 19.1. The maximum absolute atomic E-state index is 12.9. The Morgan fingerprint density at radius 3 is 2.00 bits per heavy atom. The number of benzene rings is 3. The second kappa shape index (κ2) is 9.38. The summed E-state index contributed by atoms with van der Waals surface area (Å²) in [6, 6.07) is 22.1. The SMILES string of the molecule is O=C(Nc1ccc(F)cc1)c1ccc(OCCCOc2ccccc2)cc1. The molecule has 0 aliphatic heterocycles. The van der Waals surface area contributed by atoms with Crippen LogP contribution >= 0.6 is 0 Å². The van der Waals surface area contributed by atoms with Crippen molar-refractivity contribution in [2.75, 3.05) is 18.5 Å². The Morgan fingerprint density at radius 2 is 1.37 bits per heavy atom. The minimum absolute atomic E-state index is 0.260. The van der Waals surface area contributed by atoms with Crippen molar-refractivity contribution in [3.8, 4) is 11.5 Å². The second-order valence-corrected chi connectivity index (χ2v) is 5.85. The van der Waals surface area contributed by atoms with E-state index in [0.29, 0.717) is 30.2 Å². The van der Waals surface area contributed by atoms with Crippen molar-refractivity contribution in [3.05, 3.63) is 90.2 Å². The minimum Gasteiger partial charge on any atom is -0.493 e. The van der Waals surface area contributed by atoms with E-state index in [0.717, 1.165) is 12.2 Å². The highest BCUT2D eigenvalue weighted by Gasteiger charge is 2.06. The summed E-state index contributed by atoms with van der Waals surface area (Å²) in [5.41, 5.74) is 1.04. The fourth-order valence-corrected chi connectivity index (χ4v) is 2.39.